The van der Waals surface area contributed by atoms with Gasteiger partial charge in [0.05, 0.1) is 16.4 Å². The lowest BCUT2D eigenvalue weighted by atomic mass is 10.1. The van der Waals surface area contributed by atoms with Crippen molar-refractivity contribution in [1.29, 1.82) is 0 Å². The van der Waals surface area contributed by atoms with Crippen LogP contribution in [0.25, 0.3) is 23.0 Å². The summed E-state index contributed by atoms with van der Waals surface area (Å²) in [5, 5.41) is 9.46. The van der Waals surface area contributed by atoms with Crippen molar-refractivity contribution in [3.63, 3.8) is 0 Å². The van der Waals surface area contributed by atoms with E-state index in [4.69, 9.17) is 11.6 Å². The number of rotatable bonds is 9. The minimum absolute atomic E-state index is 0.295. The van der Waals surface area contributed by atoms with Gasteiger partial charge < -0.3 is 5.32 Å². The summed E-state index contributed by atoms with van der Waals surface area (Å²) in [6, 6.07) is 18.7. The molecule has 0 fully saturated rings. The van der Waals surface area contributed by atoms with E-state index < -0.39 is 10.0 Å². The van der Waals surface area contributed by atoms with E-state index in [0.717, 1.165) is 21.4 Å². The van der Waals surface area contributed by atoms with Gasteiger partial charge in [0, 0.05) is 35.2 Å². The Labute approximate surface area is 205 Å². The van der Waals surface area contributed by atoms with Crippen molar-refractivity contribution >= 4 is 55.1 Å². The summed E-state index contributed by atoms with van der Waals surface area (Å²) in [4.78, 5) is 4.68. The molecule has 170 valence electrons. The van der Waals surface area contributed by atoms with Gasteiger partial charge in [0.15, 0.2) is 5.65 Å². The molecule has 0 bridgehead atoms. The smallest absolute Gasteiger partial charge is 0.233 e. The molecule has 0 radical (unpaired) electrons. The first-order valence-corrected chi connectivity index (χ1v) is 12.9. The number of aromatic nitrogens is 3. The van der Waals surface area contributed by atoms with Crippen LogP contribution in [0.5, 0.6) is 0 Å². The van der Waals surface area contributed by atoms with Crippen molar-refractivity contribution in [3.8, 4) is 11.3 Å². The van der Waals surface area contributed by atoms with Crippen LogP contribution in [0.3, 0.4) is 0 Å². The molecule has 0 amide bonds. The maximum absolute atomic E-state index is 12.2. The highest BCUT2D eigenvalue weighted by Gasteiger charge is 2.13. The third-order valence-corrected chi connectivity index (χ3v) is 6.77. The summed E-state index contributed by atoms with van der Waals surface area (Å²) in [5.74, 6) is 0.729. The van der Waals surface area contributed by atoms with Crippen LogP contribution in [0.1, 0.15) is 12.0 Å². The van der Waals surface area contributed by atoms with E-state index in [1.165, 1.54) is 5.41 Å². The zero-order chi connectivity index (χ0) is 23.3. The fraction of sp³-hybridized carbons (Fsp3) is 0.130. The van der Waals surface area contributed by atoms with Crippen LogP contribution in [0.2, 0.25) is 5.02 Å². The Balaban J connectivity index is 1.40. The highest BCUT2D eigenvalue weighted by atomic mass is 79.9. The van der Waals surface area contributed by atoms with Crippen LogP contribution in [0.4, 0.5) is 5.82 Å². The number of nitrogens with one attached hydrogen (secondary N) is 2. The van der Waals surface area contributed by atoms with Gasteiger partial charge in [-0.15, -0.1) is 0 Å². The number of halogens is 2. The maximum Gasteiger partial charge on any atom is 0.233 e. The number of hydrogen-bond acceptors (Lipinski definition) is 5. The zero-order valence-corrected chi connectivity index (χ0v) is 20.6. The first kappa shape index (κ1) is 23.4. The molecule has 0 saturated carbocycles. The molecule has 4 aromatic rings. The Morgan fingerprint density at radius 3 is 2.61 bits per heavy atom. The van der Waals surface area contributed by atoms with Gasteiger partial charge in [-0.05, 0) is 40.1 Å². The van der Waals surface area contributed by atoms with Gasteiger partial charge in [-0.25, -0.2) is 18.1 Å². The van der Waals surface area contributed by atoms with Crippen LogP contribution >= 0.6 is 27.5 Å². The van der Waals surface area contributed by atoms with E-state index in [9.17, 15) is 8.42 Å². The zero-order valence-electron chi connectivity index (χ0n) is 17.4. The van der Waals surface area contributed by atoms with Crippen molar-refractivity contribution in [1.82, 2.24) is 19.3 Å². The van der Waals surface area contributed by atoms with Crippen molar-refractivity contribution < 1.29 is 8.42 Å². The molecule has 0 aliphatic rings. The average Bonchev–Trinajstić information content (AvgIpc) is 3.19. The van der Waals surface area contributed by atoms with Crippen LogP contribution < -0.4 is 10.0 Å². The van der Waals surface area contributed by atoms with Gasteiger partial charge in [-0.1, -0.05) is 60.1 Å². The molecular weight excluding hydrogens is 526 g/mol. The fourth-order valence-corrected chi connectivity index (χ4v) is 4.61. The minimum atomic E-state index is -3.51. The molecule has 2 N–H and O–H groups in total. The monoisotopic (exact) mass is 545 g/mol. The second-order valence-corrected chi connectivity index (χ2v) is 10.1. The maximum atomic E-state index is 12.2. The molecule has 2 heterocycles. The van der Waals surface area contributed by atoms with Gasteiger partial charge in [-0.2, -0.15) is 9.61 Å². The first-order valence-electron chi connectivity index (χ1n) is 10.2. The summed E-state index contributed by atoms with van der Waals surface area (Å²) in [6.07, 6.45) is 3.82. The van der Waals surface area contributed by atoms with Crippen LogP contribution in [-0.4, -0.2) is 36.1 Å². The largest absolute Gasteiger partial charge is 0.370 e. The van der Waals surface area contributed by atoms with Crippen molar-refractivity contribution in [3.05, 3.63) is 87.3 Å². The number of fused-ring (bicyclic) bond motifs is 1. The van der Waals surface area contributed by atoms with E-state index in [-0.39, 0.29) is 0 Å². The van der Waals surface area contributed by atoms with Gasteiger partial charge in [0.1, 0.15) is 5.82 Å². The summed E-state index contributed by atoms with van der Waals surface area (Å²) in [6.45, 7) is 0.826. The van der Waals surface area contributed by atoms with Crippen molar-refractivity contribution in [2.75, 3.05) is 18.4 Å². The predicted molar refractivity (Wildman–Crippen MR) is 137 cm³/mol. The SMILES string of the molecule is O=S(=O)(/C=C/c1ccccc1)NCCCNc1cc(-c2ccccc2Cl)nc2c(Br)cnn12. The first-order chi connectivity index (χ1) is 15.9. The molecule has 0 aliphatic heterocycles. The fourth-order valence-electron chi connectivity index (χ4n) is 3.17. The van der Waals surface area contributed by atoms with Crippen LogP contribution in [0.15, 0.2) is 76.7 Å². The Hall–Kier alpha value is -2.72. The molecule has 0 spiro atoms. The Bertz CT molecular complexity index is 1390. The summed E-state index contributed by atoms with van der Waals surface area (Å²) in [7, 11) is -3.51. The number of sulfonamides is 1. The Kier molecular flexibility index (Phi) is 7.44. The molecule has 2 aromatic heterocycles. The van der Waals surface area contributed by atoms with Crippen LogP contribution in [-0.2, 0) is 10.0 Å². The molecule has 33 heavy (non-hydrogen) atoms. The van der Waals surface area contributed by atoms with Crippen molar-refractivity contribution in [2.24, 2.45) is 0 Å². The van der Waals surface area contributed by atoms with E-state index in [1.807, 2.05) is 60.7 Å². The topological polar surface area (TPSA) is 88.4 Å². The Morgan fingerprint density at radius 1 is 1.06 bits per heavy atom. The van der Waals surface area contributed by atoms with Gasteiger partial charge >= 0.3 is 0 Å². The molecule has 0 aliphatic carbocycles. The van der Waals surface area contributed by atoms with Crippen LogP contribution in [0, 0.1) is 0 Å². The minimum Gasteiger partial charge on any atom is -0.370 e. The van der Waals surface area contributed by atoms with E-state index in [1.54, 1.807) is 16.8 Å². The standard InChI is InChI=1S/C23H21BrClN5O2S/c24-19-16-27-30-22(15-21(29-23(19)30)18-9-4-5-10-20(18)25)26-12-6-13-28-33(31,32)14-11-17-7-2-1-3-8-17/h1-5,7-11,14-16,26,28H,6,12-13H2/b14-11+. The molecule has 7 nitrogen and oxygen atoms in total. The molecule has 2 aromatic carbocycles. The normalized spacial score (nSPS) is 11.9. The lowest BCUT2D eigenvalue weighted by molar-refractivity contribution is 0.589. The van der Waals surface area contributed by atoms with E-state index in [0.29, 0.717) is 35.9 Å². The molecule has 10 heteroatoms. The lowest BCUT2D eigenvalue weighted by Crippen LogP contribution is -2.24. The molecule has 4 rings (SSSR count). The van der Waals surface area contributed by atoms with Gasteiger partial charge in [-0.3, -0.25) is 0 Å². The number of nitrogens with zero attached hydrogens (tertiary/aromatic N) is 3. The molecule has 0 unspecified atom stereocenters. The van der Waals surface area contributed by atoms with Gasteiger partial charge in [0.25, 0.3) is 0 Å². The second-order valence-electron chi connectivity index (χ2n) is 7.17. The number of anilines is 1. The highest BCUT2D eigenvalue weighted by Crippen LogP contribution is 2.30. The predicted octanol–water partition coefficient (Wildman–Crippen LogP) is 5.20. The summed E-state index contributed by atoms with van der Waals surface area (Å²) < 4.78 is 29.4. The number of hydrogen-bond donors (Lipinski definition) is 2. The third kappa shape index (κ3) is 6.00. The highest BCUT2D eigenvalue weighted by molar-refractivity contribution is 9.10. The molecule has 0 saturated heterocycles. The van der Waals surface area contributed by atoms with E-state index in [2.05, 4.69) is 36.1 Å². The van der Waals surface area contributed by atoms with Crippen molar-refractivity contribution in [2.45, 2.75) is 6.42 Å². The molecular formula is C23H21BrClN5O2S. The quantitative estimate of drug-likeness (QED) is 0.282. The van der Waals surface area contributed by atoms with Gasteiger partial charge in [0.2, 0.25) is 10.0 Å². The third-order valence-electron chi connectivity index (χ3n) is 4.78. The average molecular weight is 547 g/mol. The van der Waals surface area contributed by atoms with E-state index >= 15 is 0 Å². The summed E-state index contributed by atoms with van der Waals surface area (Å²) >= 11 is 9.85. The summed E-state index contributed by atoms with van der Waals surface area (Å²) in [5.41, 5.74) is 3.01. The molecule has 0 atom stereocenters. The Morgan fingerprint density at radius 2 is 1.82 bits per heavy atom. The number of benzene rings is 2. The second kappa shape index (κ2) is 10.5. The lowest BCUT2D eigenvalue weighted by Gasteiger charge is -2.12.